The maximum Gasteiger partial charge on any atom is 0.119 e. The number of hydrogen-bond donors (Lipinski definition) is 0. The van der Waals surface area contributed by atoms with Crippen LogP contribution in [-0.4, -0.2) is 21.4 Å². The Bertz CT molecular complexity index is 665. The van der Waals surface area contributed by atoms with Gasteiger partial charge in [-0.15, -0.1) is 0 Å². The molecule has 0 bridgehead atoms. The van der Waals surface area contributed by atoms with Crippen LogP contribution in [0.1, 0.15) is 6.42 Å². The van der Waals surface area contributed by atoms with Crippen LogP contribution in [0.3, 0.4) is 0 Å². The first-order valence-electron chi connectivity index (χ1n) is 7.03. The van der Waals surface area contributed by atoms with Crippen LogP contribution >= 0.6 is 0 Å². The van der Waals surface area contributed by atoms with Gasteiger partial charge in [-0.05, 0) is 30.3 Å². The average Bonchev–Trinajstić information content (AvgIpc) is 3.02. The topological polar surface area (TPSA) is 39.9 Å². The van der Waals surface area contributed by atoms with Crippen molar-refractivity contribution in [2.24, 2.45) is 0 Å². The molecule has 0 aliphatic carbocycles. The third kappa shape index (κ3) is 3.48. The van der Waals surface area contributed by atoms with Crippen molar-refractivity contribution >= 4 is 0 Å². The molecule has 0 amide bonds. The first kappa shape index (κ1) is 13.4. The minimum Gasteiger partial charge on any atom is -0.494 e. The fraction of sp³-hybridized carbons (Fsp3) is 0.176. The SMILES string of the molecule is c1ccc(OCCCn2nccc2-c2ccncc2)cc1. The van der Waals surface area contributed by atoms with Crippen molar-refractivity contribution < 1.29 is 4.74 Å². The summed E-state index contributed by atoms with van der Waals surface area (Å²) < 4.78 is 7.70. The van der Waals surface area contributed by atoms with Crippen molar-refractivity contribution in [2.75, 3.05) is 6.61 Å². The lowest BCUT2D eigenvalue weighted by molar-refractivity contribution is 0.299. The minimum absolute atomic E-state index is 0.680. The largest absolute Gasteiger partial charge is 0.494 e. The summed E-state index contributed by atoms with van der Waals surface area (Å²) in [7, 11) is 0. The molecule has 0 saturated carbocycles. The Morgan fingerprint density at radius 3 is 2.52 bits per heavy atom. The lowest BCUT2D eigenvalue weighted by atomic mass is 10.2. The lowest BCUT2D eigenvalue weighted by Crippen LogP contribution is -2.07. The van der Waals surface area contributed by atoms with Gasteiger partial charge in [0.2, 0.25) is 0 Å². The van der Waals surface area contributed by atoms with Gasteiger partial charge in [-0.2, -0.15) is 5.10 Å². The van der Waals surface area contributed by atoms with E-state index in [1.165, 1.54) is 0 Å². The highest BCUT2D eigenvalue weighted by Crippen LogP contribution is 2.18. The highest BCUT2D eigenvalue weighted by molar-refractivity contribution is 5.58. The Kier molecular flexibility index (Phi) is 4.27. The third-order valence-corrected chi connectivity index (χ3v) is 3.22. The van der Waals surface area contributed by atoms with Gasteiger partial charge in [0.15, 0.2) is 0 Å². The fourth-order valence-corrected chi connectivity index (χ4v) is 2.20. The van der Waals surface area contributed by atoms with E-state index in [9.17, 15) is 0 Å². The van der Waals surface area contributed by atoms with Crippen molar-refractivity contribution in [1.82, 2.24) is 14.8 Å². The number of hydrogen-bond acceptors (Lipinski definition) is 3. The molecule has 21 heavy (non-hydrogen) atoms. The van der Waals surface area contributed by atoms with Crippen LogP contribution in [0.2, 0.25) is 0 Å². The van der Waals surface area contributed by atoms with Gasteiger partial charge in [-0.1, -0.05) is 18.2 Å². The van der Waals surface area contributed by atoms with E-state index in [2.05, 4.69) is 10.1 Å². The van der Waals surface area contributed by atoms with Crippen LogP contribution < -0.4 is 4.74 Å². The molecule has 3 rings (SSSR count). The van der Waals surface area contributed by atoms with Gasteiger partial charge in [-0.25, -0.2) is 0 Å². The number of rotatable bonds is 6. The summed E-state index contributed by atoms with van der Waals surface area (Å²) in [5, 5.41) is 4.38. The fourth-order valence-electron chi connectivity index (χ4n) is 2.20. The molecule has 0 aliphatic heterocycles. The molecule has 0 saturated heterocycles. The van der Waals surface area contributed by atoms with E-state index in [0.29, 0.717) is 6.61 Å². The molecule has 0 aliphatic rings. The van der Waals surface area contributed by atoms with Gasteiger partial charge < -0.3 is 4.74 Å². The predicted molar refractivity (Wildman–Crippen MR) is 82.0 cm³/mol. The van der Waals surface area contributed by atoms with Crippen molar-refractivity contribution in [1.29, 1.82) is 0 Å². The molecule has 106 valence electrons. The summed E-state index contributed by atoms with van der Waals surface area (Å²) in [6.07, 6.45) is 6.33. The first-order chi connectivity index (χ1) is 10.4. The maximum atomic E-state index is 5.70. The Labute approximate surface area is 124 Å². The minimum atomic E-state index is 0.680. The van der Waals surface area contributed by atoms with Crippen molar-refractivity contribution in [3.05, 3.63) is 67.1 Å². The molecule has 1 aromatic carbocycles. The summed E-state index contributed by atoms with van der Waals surface area (Å²) in [5.74, 6) is 0.910. The van der Waals surface area contributed by atoms with Gasteiger partial charge in [-0.3, -0.25) is 9.67 Å². The Morgan fingerprint density at radius 2 is 1.71 bits per heavy atom. The Morgan fingerprint density at radius 1 is 0.905 bits per heavy atom. The van der Waals surface area contributed by atoms with Crippen LogP contribution in [0.4, 0.5) is 0 Å². The molecule has 2 heterocycles. The normalized spacial score (nSPS) is 10.5. The third-order valence-electron chi connectivity index (χ3n) is 3.22. The maximum absolute atomic E-state index is 5.70. The quantitative estimate of drug-likeness (QED) is 0.649. The van der Waals surface area contributed by atoms with Crippen LogP contribution in [0.15, 0.2) is 67.1 Å². The molecular weight excluding hydrogens is 262 g/mol. The summed E-state index contributed by atoms with van der Waals surface area (Å²) >= 11 is 0. The predicted octanol–water partition coefficient (Wildman–Crippen LogP) is 3.41. The first-order valence-corrected chi connectivity index (χ1v) is 7.03. The zero-order valence-corrected chi connectivity index (χ0v) is 11.7. The van der Waals surface area contributed by atoms with Gasteiger partial charge in [0, 0.05) is 37.1 Å². The van der Waals surface area contributed by atoms with Gasteiger partial charge >= 0.3 is 0 Å². The summed E-state index contributed by atoms with van der Waals surface area (Å²) in [6.45, 7) is 1.51. The van der Waals surface area contributed by atoms with Gasteiger partial charge in [0.25, 0.3) is 0 Å². The van der Waals surface area contributed by atoms with Crippen molar-refractivity contribution in [2.45, 2.75) is 13.0 Å². The zero-order valence-electron chi connectivity index (χ0n) is 11.7. The smallest absolute Gasteiger partial charge is 0.119 e. The number of aromatic nitrogens is 3. The van der Waals surface area contributed by atoms with Crippen LogP contribution in [-0.2, 0) is 6.54 Å². The molecule has 3 aromatic rings. The van der Waals surface area contributed by atoms with E-state index in [4.69, 9.17) is 4.74 Å². The van der Waals surface area contributed by atoms with E-state index in [1.807, 2.05) is 59.4 Å². The highest BCUT2D eigenvalue weighted by atomic mass is 16.5. The molecule has 0 radical (unpaired) electrons. The number of pyridine rings is 1. The van der Waals surface area contributed by atoms with E-state index < -0.39 is 0 Å². The van der Waals surface area contributed by atoms with Crippen LogP contribution in [0.5, 0.6) is 5.75 Å². The summed E-state index contributed by atoms with van der Waals surface area (Å²) in [4.78, 5) is 4.04. The van der Waals surface area contributed by atoms with Crippen molar-refractivity contribution in [3.8, 4) is 17.0 Å². The monoisotopic (exact) mass is 279 g/mol. The highest BCUT2D eigenvalue weighted by Gasteiger charge is 2.04. The molecule has 0 atom stereocenters. The molecular formula is C17H17N3O. The standard InChI is InChI=1S/C17H17N3O/c1-2-5-16(6-3-1)21-14-4-13-20-17(9-12-19-20)15-7-10-18-11-8-15/h1-3,5-12H,4,13-14H2. The molecule has 0 fully saturated rings. The number of benzene rings is 1. The Hall–Kier alpha value is -2.62. The number of aryl methyl sites for hydroxylation is 1. The van der Waals surface area contributed by atoms with E-state index >= 15 is 0 Å². The van der Waals surface area contributed by atoms with Crippen molar-refractivity contribution in [3.63, 3.8) is 0 Å². The zero-order chi connectivity index (χ0) is 14.3. The van der Waals surface area contributed by atoms with Crippen LogP contribution in [0.25, 0.3) is 11.3 Å². The second-order valence-corrected chi connectivity index (χ2v) is 4.69. The van der Waals surface area contributed by atoms with Crippen LogP contribution in [0, 0.1) is 0 Å². The molecule has 0 unspecified atom stereocenters. The molecule has 0 spiro atoms. The van der Waals surface area contributed by atoms with E-state index in [0.717, 1.165) is 30.0 Å². The summed E-state index contributed by atoms with van der Waals surface area (Å²) in [6, 6.07) is 15.9. The van der Waals surface area contributed by atoms with E-state index in [1.54, 1.807) is 12.4 Å². The number of nitrogens with zero attached hydrogens (tertiary/aromatic N) is 3. The lowest BCUT2D eigenvalue weighted by Gasteiger charge is -2.09. The average molecular weight is 279 g/mol. The molecule has 2 aromatic heterocycles. The van der Waals surface area contributed by atoms with Gasteiger partial charge in [0.05, 0.1) is 12.3 Å². The second kappa shape index (κ2) is 6.70. The summed E-state index contributed by atoms with van der Waals surface area (Å²) in [5.41, 5.74) is 2.24. The second-order valence-electron chi connectivity index (χ2n) is 4.69. The van der Waals surface area contributed by atoms with Gasteiger partial charge in [0.1, 0.15) is 5.75 Å². The molecule has 4 nitrogen and oxygen atoms in total. The number of ether oxygens (including phenoxy) is 1. The molecule has 4 heteroatoms. The molecule has 0 N–H and O–H groups in total. The Balaban J connectivity index is 1.56. The van der Waals surface area contributed by atoms with E-state index in [-0.39, 0.29) is 0 Å². The number of para-hydroxylation sites is 1.